The molecule has 0 N–H and O–H groups in total. The molecule has 144 valence electrons. The van der Waals surface area contributed by atoms with Gasteiger partial charge in [-0.05, 0) is 99.5 Å². The number of rotatable bonds is 2. The second-order valence-electron chi connectivity index (χ2n) is 9.40. The number of aryl methyl sites for hydroxylation is 1. The molecule has 0 radical (unpaired) electrons. The van der Waals surface area contributed by atoms with E-state index in [1.807, 2.05) is 25.7 Å². The van der Waals surface area contributed by atoms with Gasteiger partial charge in [0.25, 0.3) is 0 Å². The summed E-state index contributed by atoms with van der Waals surface area (Å²) in [6, 6.07) is 2.46. The van der Waals surface area contributed by atoms with Gasteiger partial charge in [0.15, 0.2) is 0 Å². The minimum absolute atomic E-state index is 0.166. The summed E-state index contributed by atoms with van der Waals surface area (Å²) in [6.07, 6.45) is 8.01. The van der Waals surface area contributed by atoms with Crippen molar-refractivity contribution in [1.82, 2.24) is 4.90 Å². The second-order valence-corrected chi connectivity index (χ2v) is 9.40. The highest BCUT2D eigenvalue weighted by Gasteiger charge is 2.27. The minimum Gasteiger partial charge on any atom is -0.444 e. The first-order valence-corrected chi connectivity index (χ1v) is 10.4. The normalized spacial score (nSPS) is 17.5. The molecule has 0 spiro atoms. The van der Waals surface area contributed by atoms with Crippen LogP contribution in [-0.2, 0) is 36.8 Å². The van der Waals surface area contributed by atoms with E-state index in [4.69, 9.17) is 4.74 Å². The van der Waals surface area contributed by atoms with Crippen LogP contribution < -0.4 is 0 Å². The summed E-state index contributed by atoms with van der Waals surface area (Å²) in [5.41, 5.74) is 7.40. The summed E-state index contributed by atoms with van der Waals surface area (Å²) in [4.78, 5) is 14.4. The van der Waals surface area contributed by atoms with Gasteiger partial charge in [-0.3, -0.25) is 0 Å². The van der Waals surface area contributed by atoms with Crippen LogP contribution in [0.2, 0.25) is 0 Å². The number of fused-ring (bicyclic) bond motifs is 2. The van der Waals surface area contributed by atoms with E-state index in [0.29, 0.717) is 5.92 Å². The molecule has 0 bridgehead atoms. The van der Waals surface area contributed by atoms with Gasteiger partial charge in [0.05, 0.1) is 0 Å². The Hall–Kier alpha value is -1.51. The Balaban J connectivity index is 1.88. The molecule has 0 fully saturated rings. The summed E-state index contributed by atoms with van der Waals surface area (Å²) < 4.78 is 5.61. The third-order valence-electron chi connectivity index (χ3n) is 5.52. The van der Waals surface area contributed by atoms with E-state index in [-0.39, 0.29) is 6.09 Å². The van der Waals surface area contributed by atoms with Gasteiger partial charge in [0.2, 0.25) is 0 Å². The van der Waals surface area contributed by atoms with Gasteiger partial charge in [-0.25, -0.2) is 4.79 Å². The van der Waals surface area contributed by atoms with E-state index in [2.05, 4.69) is 19.9 Å². The molecular formula is C23H35NO2. The molecule has 3 nitrogen and oxygen atoms in total. The Morgan fingerprint density at radius 2 is 1.65 bits per heavy atom. The largest absolute Gasteiger partial charge is 0.444 e. The molecule has 2 aliphatic rings. The molecule has 0 atom stereocenters. The van der Waals surface area contributed by atoms with E-state index in [1.54, 1.807) is 16.7 Å². The van der Waals surface area contributed by atoms with Gasteiger partial charge in [-0.15, -0.1) is 0 Å². The highest BCUT2D eigenvalue weighted by Crippen LogP contribution is 2.33. The van der Waals surface area contributed by atoms with E-state index in [1.165, 1.54) is 36.8 Å². The number of hydrogen-bond donors (Lipinski definition) is 0. The van der Waals surface area contributed by atoms with Gasteiger partial charge < -0.3 is 9.64 Å². The van der Waals surface area contributed by atoms with Crippen LogP contribution in [0, 0.1) is 5.92 Å². The first-order chi connectivity index (χ1) is 12.2. The molecule has 0 saturated carbocycles. The van der Waals surface area contributed by atoms with E-state index >= 15 is 0 Å². The zero-order valence-electron chi connectivity index (χ0n) is 17.3. The summed E-state index contributed by atoms with van der Waals surface area (Å²) in [5, 5.41) is 0. The zero-order chi connectivity index (χ0) is 18.9. The Bertz CT molecular complexity index is 670. The van der Waals surface area contributed by atoms with Gasteiger partial charge in [-0.1, -0.05) is 19.9 Å². The molecule has 0 aromatic heterocycles. The van der Waals surface area contributed by atoms with Crippen LogP contribution in [0.4, 0.5) is 4.79 Å². The number of carbonyl (C=O) groups excluding carboxylic acids is 1. The van der Waals surface area contributed by atoms with Crippen molar-refractivity contribution in [1.29, 1.82) is 0 Å². The third kappa shape index (κ3) is 4.42. The smallest absolute Gasteiger partial charge is 0.410 e. The van der Waals surface area contributed by atoms with Crippen LogP contribution >= 0.6 is 0 Å². The second kappa shape index (κ2) is 7.62. The maximum Gasteiger partial charge on any atom is 0.410 e. The van der Waals surface area contributed by atoms with Crippen molar-refractivity contribution < 1.29 is 9.53 Å². The molecule has 3 heteroatoms. The number of amides is 1. The lowest BCUT2D eigenvalue weighted by Gasteiger charge is -2.26. The highest BCUT2D eigenvalue weighted by atomic mass is 16.6. The number of benzene rings is 1. The van der Waals surface area contributed by atoms with Crippen LogP contribution in [0.15, 0.2) is 6.07 Å². The average molecular weight is 358 g/mol. The summed E-state index contributed by atoms with van der Waals surface area (Å²) >= 11 is 0. The number of carbonyl (C=O) groups is 1. The first-order valence-electron chi connectivity index (χ1n) is 10.4. The van der Waals surface area contributed by atoms with Crippen LogP contribution in [-0.4, -0.2) is 29.7 Å². The molecule has 3 rings (SSSR count). The van der Waals surface area contributed by atoms with E-state index in [9.17, 15) is 4.79 Å². The predicted octanol–water partition coefficient (Wildman–Crippen LogP) is 5.10. The van der Waals surface area contributed by atoms with Crippen LogP contribution in [0.1, 0.15) is 75.3 Å². The highest BCUT2D eigenvalue weighted by molar-refractivity contribution is 5.68. The quantitative estimate of drug-likeness (QED) is 0.737. The van der Waals surface area contributed by atoms with Gasteiger partial charge in [-0.2, -0.15) is 0 Å². The van der Waals surface area contributed by atoms with Crippen LogP contribution in [0.5, 0.6) is 0 Å². The van der Waals surface area contributed by atoms with Crippen molar-refractivity contribution in [2.75, 3.05) is 13.1 Å². The van der Waals surface area contributed by atoms with Gasteiger partial charge >= 0.3 is 6.09 Å². The maximum atomic E-state index is 12.5. The number of hydrogen-bond acceptors (Lipinski definition) is 2. The van der Waals surface area contributed by atoms with Crippen molar-refractivity contribution in [3.63, 3.8) is 0 Å². The van der Waals surface area contributed by atoms with Crippen molar-refractivity contribution in [2.24, 2.45) is 5.92 Å². The molecule has 1 aromatic rings. The molecule has 26 heavy (non-hydrogen) atoms. The Morgan fingerprint density at radius 1 is 1.04 bits per heavy atom. The van der Waals surface area contributed by atoms with Crippen molar-refractivity contribution >= 4 is 6.09 Å². The molecule has 0 saturated heterocycles. The van der Waals surface area contributed by atoms with Crippen molar-refractivity contribution in [2.45, 2.75) is 85.2 Å². The fraction of sp³-hybridized carbons (Fsp3) is 0.696. The van der Waals surface area contributed by atoms with Gasteiger partial charge in [0, 0.05) is 13.1 Å². The molecule has 1 aliphatic heterocycles. The molecule has 1 aliphatic carbocycles. The Labute approximate surface area is 159 Å². The SMILES string of the molecule is CC(C)Cc1c2c(cc3c1CCN(C(=O)OC(C)(C)C)CC3)CCCC2. The summed E-state index contributed by atoms with van der Waals surface area (Å²) in [6.45, 7) is 12.0. The lowest BCUT2D eigenvalue weighted by Crippen LogP contribution is -2.38. The molecular weight excluding hydrogens is 322 g/mol. The lowest BCUT2D eigenvalue weighted by atomic mass is 9.80. The average Bonchev–Trinajstić information content (AvgIpc) is 2.75. The van der Waals surface area contributed by atoms with E-state index < -0.39 is 5.60 Å². The van der Waals surface area contributed by atoms with Crippen LogP contribution in [0.3, 0.4) is 0 Å². The Morgan fingerprint density at radius 3 is 2.35 bits per heavy atom. The maximum absolute atomic E-state index is 12.5. The van der Waals surface area contributed by atoms with E-state index in [0.717, 1.165) is 32.4 Å². The number of ether oxygens (including phenoxy) is 1. The standard InChI is InChI=1S/C23H35NO2/c1-16(2)14-21-19-9-7-6-8-17(19)15-18-10-12-24(13-11-20(18)21)22(25)26-23(3,4)5/h15-16H,6-14H2,1-5H3. The lowest BCUT2D eigenvalue weighted by molar-refractivity contribution is 0.0258. The monoisotopic (exact) mass is 357 g/mol. The zero-order valence-corrected chi connectivity index (χ0v) is 17.3. The molecule has 1 heterocycles. The fourth-order valence-corrected chi connectivity index (χ4v) is 4.42. The van der Waals surface area contributed by atoms with Gasteiger partial charge in [0.1, 0.15) is 5.60 Å². The summed E-state index contributed by atoms with van der Waals surface area (Å²) in [7, 11) is 0. The topological polar surface area (TPSA) is 29.5 Å². The van der Waals surface area contributed by atoms with Crippen molar-refractivity contribution in [3.8, 4) is 0 Å². The first kappa shape index (κ1) is 19.3. The molecule has 0 unspecified atom stereocenters. The Kier molecular flexibility index (Phi) is 5.64. The third-order valence-corrected chi connectivity index (χ3v) is 5.52. The van der Waals surface area contributed by atoms with Crippen LogP contribution in [0.25, 0.3) is 0 Å². The molecule has 1 amide bonds. The number of nitrogens with zero attached hydrogens (tertiary/aromatic N) is 1. The fourth-order valence-electron chi connectivity index (χ4n) is 4.42. The predicted molar refractivity (Wildman–Crippen MR) is 107 cm³/mol. The molecule has 1 aromatic carbocycles. The van der Waals surface area contributed by atoms with Crippen molar-refractivity contribution in [3.05, 3.63) is 33.9 Å². The minimum atomic E-state index is -0.432. The summed E-state index contributed by atoms with van der Waals surface area (Å²) in [5.74, 6) is 0.665.